The Bertz CT molecular complexity index is 1440. The highest BCUT2D eigenvalue weighted by Crippen LogP contribution is 2.50. The van der Waals surface area contributed by atoms with Gasteiger partial charge in [0.15, 0.2) is 0 Å². The predicted molar refractivity (Wildman–Crippen MR) is 168 cm³/mol. The predicted octanol–water partition coefficient (Wildman–Crippen LogP) is 10.7. The molecule has 3 aromatic rings. The summed E-state index contributed by atoms with van der Waals surface area (Å²) in [5.41, 5.74) is 13.0. The number of nitrogens with zero attached hydrogens (tertiary/aromatic N) is 1. The van der Waals surface area contributed by atoms with E-state index in [2.05, 4.69) is 130 Å². The van der Waals surface area contributed by atoms with Crippen molar-refractivity contribution in [3.8, 4) is 11.1 Å². The van der Waals surface area contributed by atoms with Crippen molar-refractivity contribution in [2.24, 2.45) is 0 Å². The molecule has 3 aromatic carbocycles. The van der Waals surface area contributed by atoms with E-state index < -0.39 is 0 Å². The van der Waals surface area contributed by atoms with Gasteiger partial charge in [-0.05, 0) is 104 Å². The van der Waals surface area contributed by atoms with Crippen molar-refractivity contribution in [2.45, 2.75) is 59.8 Å². The first-order chi connectivity index (χ1) is 18.3. The van der Waals surface area contributed by atoms with Gasteiger partial charge in [0.05, 0.1) is 0 Å². The van der Waals surface area contributed by atoms with Crippen molar-refractivity contribution in [1.29, 1.82) is 0 Å². The molecule has 0 radical (unpaired) electrons. The number of rotatable bonds is 5. The monoisotopic (exact) mass is 499 g/mol. The van der Waals surface area contributed by atoms with Crippen LogP contribution in [0.1, 0.15) is 70.2 Å². The molecule has 0 atom stereocenters. The van der Waals surface area contributed by atoms with E-state index in [-0.39, 0.29) is 5.41 Å². The second-order valence-corrected chi connectivity index (χ2v) is 10.6. The lowest BCUT2D eigenvalue weighted by Crippen LogP contribution is -2.18. The van der Waals surface area contributed by atoms with Crippen LogP contribution in [0.4, 0.5) is 11.4 Å². The first-order valence-electron chi connectivity index (χ1n) is 13.7. The maximum atomic E-state index is 3.66. The van der Waals surface area contributed by atoms with Gasteiger partial charge < -0.3 is 4.90 Å². The maximum Gasteiger partial charge on any atom is 0.0467 e. The molecule has 0 aromatic heterocycles. The van der Waals surface area contributed by atoms with E-state index in [9.17, 15) is 0 Å². The first kappa shape index (κ1) is 27.2. The van der Waals surface area contributed by atoms with Crippen LogP contribution in [-0.2, 0) is 11.8 Å². The molecular weight excluding hydrogens is 458 g/mol. The summed E-state index contributed by atoms with van der Waals surface area (Å²) in [5.74, 6) is 0. The topological polar surface area (TPSA) is 3.24 Å². The summed E-state index contributed by atoms with van der Waals surface area (Å²) in [6, 6.07) is 22.7. The molecular formula is C37H41N. The summed E-state index contributed by atoms with van der Waals surface area (Å²) >= 11 is 0. The summed E-state index contributed by atoms with van der Waals surface area (Å²) in [6.07, 6.45) is 17.3. The fraction of sp³-hybridized carbons (Fsp3) is 0.243. The van der Waals surface area contributed by atoms with Gasteiger partial charge in [0.25, 0.3) is 0 Å². The standard InChI is InChI=1S/C31H31N.C6H10/c1-5-11-24(6-2)32(25-17-16-22-12-7-8-13-23(22)20-25)26-18-19-28-27-14-9-10-15-29(27)31(3,4)30(28)21-26;1-4-5-6(2)3/h5-6,8-11,13-21H,7,12H2,1-4H3;4-5H,2H2,1,3H3/b11-5-,24-6+;5-4-. The molecule has 0 aliphatic heterocycles. The smallest absolute Gasteiger partial charge is 0.0467 e. The number of fused-ring (bicyclic) bond motifs is 4. The first-order valence-corrected chi connectivity index (χ1v) is 13.7. The van der Waals surface area contributed by atoms with Crippen molar-refractivity contribution >= 4 is 17.5 Å². The van der Waals surface area contributed by atoms with Crippen LogP contribution in [0.5, 0.6) is 0 Å². The van der Waals surface area contributed by atoms with Gasteiger partial charge in [-0.15, -0.1) is 0 Å². The van der Waals surface area contributed by atoms with Crippen molar-refractivity contribution in [3.05, 3.63) is 137 Å². The number of hydrogen-bond acceptors (Lipinski definition) is 1. The van der Waals surface area contributed by atoms with E-state index in [1.165, 1.54) is 50.5 Å². The highest BCUT2D eigenvalue weighted by molar-refractivity contribution is 5.84. The van der Waals surface area contributed by atoms with Gasteiger partial charge in [0.2, 0.25) is 0 Å². The van der Waals surface area contributed by atoms with Gasteiger partial charge in [-0.2, -0.15) is 0 Å². The molecule has 0 saturated carbocycles. The molecule has 0 fully saturated rings. The van der Waals surface area contributed by atoms with Crippen LogP contribution in [-0.4, -0.2) is 0 Å². The molecule has 0 bridgehead atoms. The third kappa shape index (κ3) is 5.38. The summed E-state index contributed by atoms with van der Waals surface area (Å²) in [4.78, 5) is 2.39. The summed E-state index contributed by atoms with van der Waals surface area (Å²) in [5, 5.41) is 0. The van der Waals surface area contributed by atoms with E-state index in [1.807, 2.05) is 26.0 Å². The lowest BCUT2D eigenvalue weighted by Gasteiger charge is -2.29. The Morgan fingerprint density at radius 3 is 2.21 bits per heavy atom. The minimum atomic E-state index is -0.0110. The van der Waals surface area contributed by atoms with Crippen molar-refractivity contribution in [1.82, 2.24) is 0 Å². The molecule has 0 spiro atoms. The number of hydrogen-bond donors (Lipinski definition) is 0. The maximum absolute atomic E-state index is 3.66. The minimum absolute atomic E-state index is 0.0110. The number of aryl methyl sites for hydroxylation is 1. The number of allylic oxidation sites excluding steroid dienone is 7. The van der Waals surface area contributed by atoms with Gasteiger partial charge in [-0.3, -0.25) is 0 Å². The van der Waals surface area contributed by atoms with Gasteiger partial charge in [-0.25, -0.2) is 0 Å². The van der Waals surface area contributed by atoms with Crippen LogP contribution in [0.25, 0.3) is 17.2 Å². The van der Waals surface area contributed by atoms with E-state index in [0.29, 0.717) is 0 Å². The van der Waals surface area contributed by atoms with Gasteiger partial charge in [-0.1, -0.05) is 98.9 Å². The SMILES string of the molecule is C/C=C\C(=C/C)N(c1ccc2c(c1)C=CCC2)c1ccc2c(c1)C(C)(C)c1ccccc1-2.C=C(C)/C=C\C. The lowest BCUT2D eigenvalue weighted by molar-refractivity contribution is 0.660. The summed E-state index contributed by atoms with van der Waals surface area (Å²) < 4.78 is 0. The van der Waals surface area contributed by atoms with Crippen LogP contribution in [0, 0.1) is 0 Å². The average Bonchev–Trinajstić information content (AvgIpc) is 3.15. The molecule has 0 N–H and O–H groups in total. The Labute approximate surface area is 230 Å². The minimum Gasteiger partial charge on any atom is -0.311 e. The Morgan fingerprint density at radius 1 is 0.842 bits per heavy atom. The third-order valence-electron chi connectivity index (χ3n) is 7.43. The Kier molecular flexibility index (Phi) is 8.37. The van der Waals surface area contributed by atoms with Crippen LogP contribution < -0.4 is 4.90 Å². The number of anilines is 2. The zero-order valence-electron chi connectivity index (χ0n) is 23.9. The van der Waals surface area contributed by atoms with E-state index in [1.54, 1.807) is 0 Å². The van der Waals surface area contributed by atoms with E-state index in [0.717, 1.165) is 18.4 Å². The van der Waals surface area contributed by atoms with Gasteiger partial charge in [0, 0.05) is 22.5 Å². The molecule has 1 heteroatoms. The van der Waals surface area contributed by atoms with Crippen LogP contribution in [0.15, 0.2) is 115 Å². The molecule has 2 aliphatic carbocycles. The van der Waals surface area contributed by atoms with Gasteiger partial charge >= 0.3 is 0 Å². The molecule has 0 heterocycles. The van der Waals surface area contributed by atoms with E-state index >= 15 is 0 Å². The molecule has 0 amide bonds. The van der Waals surface area contributed by atoms with Crippen molar-refractivity contribution in [3.63, 3.8) is 0 Å². The average molecular weight is 500 g/mol. The number of benzene rings is 3. The highest BCUT2D eigenvalue weighted by Gasteiger charge is 2.35. The summed E-state index contributed by atoms with van der Waals surface area (Å²) in [7, 11) is 0. The molecule has 5 rings (SSSR count). The molecule has 0 unspecified atom stereocenters. The molecule has 0 saturated heterocycles. The Hall–Kier alpha value is -3.84. The van der Waals surface area contributed by atoms with Crippen LogP contribution >= 0.6 is 0 Å². The van der Waals surface area contributed by atoms with Gasteiger partial charge in [0.1, 0.15) is 0 Å². The second kappa shape index (κ2) is 11.7. The largest absolute Gasteiger partial charge is 0.311 e. The zero-order valence-corrected chi connectivity index (χ0v) is 23.9. The lowest BCUT2D eigenvalue weighted by atomic mass is 9.82. The molecule has 38 heavy (non-hydrogen) atoms. The third-order valence-corrected chi connectivity index (χ3v) is 7.43. The van der Waals surface area contributed by atoms with Crippen LogP contribution in [0.3, 0.4) is 0 Å². The quantitative estimate of drug-likeness (QED) is 0.316. The van der Waals surface area contributed by atoms with Crippen molar-refractivity contribution in [2.75, 3.05) is 4.90 Å². The van der Waals surface area contributed by atoms with E-state index in [4.69, 9.17) is 0 Å². The molecule has 194 valence electrons. The highest BCUT2D eigenvalue weighted by atomic mass is 15.1. The summed E-state index contributed by atoms with van der Waals surface area (Å²) in [6.45, 7) is 16.5. The Morgan fingerprint density at radius 2 is 1.53 bits per heavy atom. The fourth-order valence-corrected chi connectivity index (χ4v) is 5.59. The molecule has 1 nitrogen and oxygen atoms in total. The fourth-order valence-electron chi connectivity index (χ4n) is 5.59. The second-order valence-electron chi connectivity index (χ2n) is 10.6. The van der Waals surface area contributed by atoms with Crippen LogP contribution in [0.2, 0.25) is 0 Å². The normalized spacial score (nSPS) is 15.1. The molecule has 2 aliphatic rings. The Balaban J connectivity index is 0.000000505. The van der Waals surface area contributed by atoms with Crippen molar-refractivity contribution < 1.29 is 0 Å². The zero-order chi connectivity index (χ0) is 27.3.